The van der Waals surface area contributed by atoms with Crippen LogP contribution in [-0.4, -0.2) is 73.5 Å². The molecule has 2 aliphatic rings. The van der Waals surface area contributed by atoms with Crippen LogP contribution < -0.4 is 10.1 Å². The van der Waals surface area contributed by atoms with E-state index in [1.165, 1.54) is 12.1 Å². The Kier molecular flexibility index (Phi) is 6.33. The van der Waals surface area contributed by atoms with Crippen molar-refractivity contribution < 1.29 is 22.3 Å². The van der Waals surface area contributed by atoms with Gasteiger partial charge in [0.05, 0.1) is 25.2 Å². The highest BCUT2D eigenvalue weighted by atomic mass is 32.2. The summed E-state index contributed by atoms with van der Waals surface area (Å²) in [5.41, 5.74) is 4.26. The molecular formula is C25H27FN4O4S. The third-order valence-electron chi connectivity index (χ3n) is 6.59. The molecule has 3 aromatic rings. The minimum Gasteiger partial charge on any atom is -0.496 e. The van der Waals surface area contributed by atoms with Crippen molar-refractivity contribution in [2.75, 3.05) is 38.2 Å². The van der Waals surface area contributed by atoms with Crippen molar-refractivity contribution in [2.24, 2.45) is 0 Å². The molecular weight excluding hydrogens is 471 g/mol. The van der Waals surface area contributed by atoms with Gasteiger partial charge in [-0.15, -0.1) is 0 Å². The molecule has 0 radical (unpaired) electrons. The summed E-state index contributed by atoms with van der Waals surface area (Å²) in [5, 5.41) is 3.72. The highest BCUT2D eigenvalue weighted by Gasteiger charge is 2.29. The molecule has 1 atom stereocenters. The number of rotatable bonds is 6. The number of pyridine rings is 1. The molecule has 1 unspecified atom stereocenters. The number of ether oxygens (including phenoxy) is 1. The van der Waals surface area contributed by atoms with Gasteiger partial charge >= 0.3 is 0 Å². The molecule has 1 fully saturated rings. The zero-order valence-electron chi connectivity index (χ0n) is 19.4. The van der Waals surface area contributed by atoms with E-state index in [1.54, 1.807) is 19.4 Å². The minimum absolute atomic E-state index is 0.0285. The molecule has 0 saturated carbocycles. The van der Waals surface area contributed by atoms with Crippen LogP contribution in [0.4, 0.5) is 4.39 Å². The second kappa shape index (κ2) is 9.43. The summed E-state index contributed by atoms with van der Waals surface area (Å²) < 4.78 is 42.6. The zero-order chi connectivity index (χ0) is 24.6. The van der Waals surface area contributed by atoms with Gasteiger partial charge in [-0.2, -0.15) is 0 Å². The monoisotopic (exact) mass is 498 g/mol. The van der Waals surface area contributed by atoms with E-state index in [2.05, 4.69) is 21.4 Å². The smallest absolute Gasteiger partial charge is 0.234 e. The molecule has 35 heavy (non-hydrogen) atoms. The van der Waals surface area contributed by atoms with Crippen molar-refractivity contribution in [3.05, 3.63) is 54.1 Å². The zero-order valence-corrected chi connectivity index (χ0v) is 20.2. The predicted octanol–water partition coefficient (Wildman–Crippen LogP) is 2.77. The van der Waals surface area contributed by atoms with Gasteiger partial charge in [-0.1, -0.05) is 6.08 Å². The fourth-order valence-electron chi connectivity index (χ4n) is 4.81. The number of nitrogens with one attached hydrogen (secondary N) is 2. The van der Waals surface area contributed by atoms with Crippen molar-refractivity contribution >= 4 is 32.4 Å². The Morgan fingerprint density at radius 2 is 2.14 bits per heavy atom. The SMILES string of the molecule is COc1ccc(F)cc1-c1ccnc2[nH]c(C3=CCN(CC(=O)NC4CCS(=O)(=O)C4)CC3)cc12. The second-order valence-corrected chi connectivity index (χ2v) is 11.3. The number of carbonyl (C=O) groups excluding carboxylic acids is 1. The Bertz CT molecular complexity index is 1420. The van der Waals surface area contributed by atoms with E-state index in [9.17, 15) is 17.6 Å². The summed E-state index contributed by atoms with van der Waals surface area (Å²) >= 11 is 0. The van der Waals surface area contributed by atoms with Crippen LogP contribution in [0.3, 0.4) is 0 Å². The first-order valence-corrected chi connectivity index (χ1v) is 13.4. The van der Waals surface area contributed by atoms with Crippen LogP contribution in [0.15, 0.2) is 42.6 Å². The van der Waals surface area contributed by atoms with Crippen LogP contribution in [0.2, 0.25) is 0 Å². The molecule has 1 aromatic carbocycles. The van der Waals surface area contributed by atoms with Crippen LogP contribution in [0.25, 0.3) is 27.7 Å². The van der Waals surface area contributed by atoms with Crippen LogP contribution in [0.5, 0.6) is 5.75 Å². The van der Waals surface area contributed by atoms with Gasteiger partial charge < -0.3 is 15.0 Å². The lowest BCUT2D eigenvalue weighted by molar-refractivity contribution is -0.122. The number of methoxy groups -OCH3 is 1. The number of nitrogens with zero attached hydrogens (tertiary/aromatic N) is 2. The number of amides is 1. The van der Waals surface area contributed by atoms with E-state index in [0.29, 0.717) is 36.5 Å². The molecule has 2 N–H and O–H groups in total. The lowest BCUT2D eigenvalue weighted by atomic mass is 10.0. The molecule has 0 bridgehead atoms. The van der Waals surface area contributed by atoms with Gasteiger partial charge in [0, 0.05) is 42.0 Å². The first-order chi connectivity index (χ1) is 16.8. The summed E-state index contributed by atoms with van der Waals surface area (Å²) in [6, 6.07) is 8.04. The van der Waals surface area contributed by atoms with E-state index in [1.807, 2.05) is 17.0 Å². The predicted molar refractivity (Wildman–Crippen MR) is 132 cm³/mol. The highest BCUT2D eigenvalue weighted by Crippen LogP contribution is 2.36. The Morgan fingerprint density at radius 3 is 2.86 bits per heavy atom. The Morgan fingerprint density at radius 1 is 1.29 bits per heavy atom. The fourth-order valence-corrected chi connectivity index (χ4v) is 6.48. The number of hydrogen-bond acceptors (Lipinski definition) is 6. The maximum atomic E-state index is 14.0. The number of aromatic nitrogens is 2. The Labute approximate surface area is 203 Å². The number of fused-ring (bicyclic) bond motifs is 1. The summed E-state index contributed by atoms with van der Waals surface area (Å²) in [7, 11) is -1.46. The molecule has 4 heterocycles. The Hall–Kier alpha value is -3.24. The lowest BCUT2D eigenvalue weighted by Crippen LogP contribution is -2.43. The van der Waals surface area contributed by atoms with Gasteiger partial charge in [0.2, 0.25) is 5.91 Å². The molecule has 184 valence electrons. The van der Waals surface area contributed by atoms with Crippen molar-refractivity contribution in [3.8, 4) is 16.9 Å². The lowest BCUT2D eigenvalue weighted by Gasteiger charge is -2.26. The van der Waals surface area contributed by atoms with Gasteiger partial charge in [-0.25, -0.2) is 17.8 Å². The van der Waals surface area contributed by atoms with Crippen LogP contribution in [0.1, 0.15) is 18.5 Å². The van der Waals surface area contributed by atoms with Crippen LogP contribution >= 0.6 is 0 Å². The maximum absolute atomic E-state index is 14.0. The summed E-state index contributed by atoms with van der Waals surface area (Å²) in [6.07, 6.45) is 5.00. The van der Waals surface area contributed by atoms with E-state index in [4.69, 9.17) is 4.74 Å². The minimum atomic E-state index is -3.02. The third kappa shape index (κ3) is 5.08. The van der Waals surface area contributed by atoms with Crippen molar-refractivity contribution in [3.63, 3.8) is 0 Å². The number of carbonyl (C=O) groups is 1. The second-order valence-electron chi connectivity index (χ2n) is 9.03. The molecule has 10 heteroatoms. The average molecular weight is 499 g/mol. The summed E-state index contributed by atoms with van der Waals surface area (Å²) in [6.45, 7) is 1.55. The third-order valence-corrected chi connectivity index (χ3v) is 8.36. The van der Waals surface area contributed by atoms with Gasteiger partial charge in [0.1, 0.15) is 17.2 Å². The summed E-state index contributed by atoms with van der Waals surface area (Å²) in [5.74, 6) is 0.270. The van der Waals surface area contributed by atoms with Crippen LogP contribution in [-0.2, 0) is 14.6 Å². The number of sulfone groups is 1. The highest BCUT2D eigenvalue weighted by molar-refractivity contribution is 7.91. The molecule has 1 amide bonds. The van der Waals surface area contributed by atoms with Crippen molar-refractivity contribution in [2.45, 2.75) is 18.9 Å². The fraction of sp³-hybridized carbons (Fsp3) is 0.360. The van der Waals surface area contributed by atoms with E-state index in [-0.39, 0.29) is 35.8 Å². The number of aromatic amines is 1. The topological polar surface area (TPSA) is 104 Å². The molecule has 2 aliphatic heterocycles. The summed E-state index contributed by atoms with van der Waals surface area (Å²) in [4.78, 5) is 22.2. The number of halogens is 1. The van der Waals surface area contributed by atoms with Crippen molar-refractivity contribution in [1.82, 2.24) is 20.2 Å². The number of benzene rings is 1. The van der Waals surface area contributed by atoms with E-state index >= 15 is 0 Å². The van der Waals surface area contributed by atoms with E-state index < -0.39 is 9.84 Å². The Balaban J connectivity index is 1.30. The van der Waals surface area contributed by atoms with Gasteiger partial charge in [0.15, 0.2) is 9.84 Å². The average Bonchev–Trinajstić information content (AvgIpc) is 3.42. The first kappa shape index (κ1) is 23.5. The quantitative estimate of drug-likeness (QED) is 0.542. The molecule has 0 aliphatic carbocycles. The van der Waals surface area contributed by atoms with Crippen molar-refractivity contribution in [1.29, 1.82) is 0 Å². The van der Waals surface area contributed by atoms with Gasteiger partial charge in [0.25, 0.3) is 0 Å². The normalized spacial score (nSPS) is 20.1. The van der Waals surface area contributed by atoms with Gasteiger partial charge in [-0.05, 0) is 54.3 Å². The van der Waals surface area contributed by atoms with Gasteiger partial charge in [-0.3, -0.25) is 9.69 Å². The van der Waals surface area contributed by atoms with E-state index in [0.717, 1.165) is 28.6 Å². The maximum Gasteiger partial charge on any atom is 0.234 e. The molecule has 8 nitrogen and oxygen atoms in total. The largest absolute Gasteiger partial charge is 0.496 e. The number of hydrogen-bond donors (Lipinski definition) is 2. The molecule has 1 saturated heterocycles. The molecule has 5 rings (SSSR count). The van der Waals surface area contributed by atoms with Crippen LogP contribution in [0, 0.1) is 5.82 Å². The molecule has 2 aromatic heterocycles. The first-order valence-electron chi connectivity index (χ1n) is 11.5. The number of H-pyrrole nitrogens is 1. The standard InChI is InChI=1S/C25H27FN4O4S/c1-34-23-3-2-17(26)12-20(23)19-4-8-27-25-21(19)13-22(29-25)16-5-9-30(10-6-16)14-24(31)28-18-7-11-35(32,33)15-18/h2-5,8,12-13,18H,6-7,9-11,14-15H2,1H3,(H,27,29)(H,28,31). The molecule has 0 spiro atoms.